The molecule has 1 unspecified atom stereocenters. The van der Waals surface area contributed by atoms with E-state index >= 15 is 0 Å². The van der Waals surface area contributed by atoms with Crippen LogP contribution in [0.2, 0.25) is 0 Å². The van der Waals surface area contributed by atoms with Crippen LogP contribution in [-0.4, -0.2) is 23.7 Å². The first-order valence-corrected chi connectivity index (χ1v) is 8.63. The molecule has 25 heavy (non-hydrogen) atoms. The van der Waals surface area contributed by atoms with Gasteiger partial charge in [0.2, 0.25) is 0 Å². The van der Waals surface area contributed by atoms with Crippen LogP contribution in [0.1, 0.15) is 31.2 Å². The third-order valence-electron chi connectivity index (χ3n) is 4.94. The monoisotopic (exact) mass is 338 g/mol. The van der Waals surface area contributed by atoms with E-state index in [-0.39, 0.29) is 12.4 Å². The molecule has 1 N–H and O–H groups in total. The van der Waals surface area contributed by atoms with Crippen LogP contribution < -0.4 is 0 Å². The summed E-state index contributed by atoms with van der Waals surface area (Å²) in [6.07, 6.45) is 2.46. The van der Waals surface area contributed by atoms with Crippen molar-refractivity contribution < 1.29 is 19.4 Å². The molecule has 2 aromatic carbocycles. The maximum absolute atomic E-state index is 12.1. The van der Waals surface area contributed by atoms with Crippen LogP contribution >= 0.6 is 0 Å². The van der Waals surface area contributed by atoms with E-state index < -0.39 is 11.4 Å². The summed E-state index contributed by atoms with van der Waals surface area (Å²) in [5.41, 5.74) is 2.71. The van der Waals surface area contributed by atoms with Gasteiger partial charge in [0, 0.05) is 0 Å². The lowest BCUT2D eigenvalue weighted by molar-refractivity contribution is -0.152. The van der Waals surface area contributed by atoms with Crippen molar-refractivity contribution in [3.63, 3.8) is 0 Å². The third-order valence-corrected chi connectivity index (χ3v) is 4.94. The summed E-state index contributed by atoms with van der Waals surface area (Å²) in [4.78, 5) is 23.2. The predicted molar refractivity (Wildman–Crippen MR) is 95.1 cm³/mol. The average molecular weight is 338 g/mol. The van der Waals surface area contributed by atoms with E-state index in [0.717, 1.165) is 12.8 Å². The van der Waals surface area contributed by atoms with Crippen molar-refractivity contribution in [2.24, 2.45) is 5.41 Å². The van der Waals surface area contributed by atoms with Gasteiger partial charge in [-0.25, -0.2) is 0 Å². The topological polar surface area (TPSA) is 63.6 Å². The Morgan fingerprint density at radius 2 is 1.80 bits per heavy atom. The minimum Gasteiger partial charge on any atom is -0.481 e. The molecule has 1 fully saturated rings. The molecule has 1 saturated heterocycles. The van der Waals surface area contributed by atoms with E-state index in [1.165, 1.54) is 16.7 Å². The lowest BCUT2D eigenvalue weighted by atomic mass is 9.78. The van der Waals surface area contributed by atoms with Gasteiger partial charge in [0.05, 0.1) is 18.4 Å². The van der Waals surface area contributed by atoms with Crippen LogP contribution in [0.15, 0.2) is 54.6 Å². The SMILES string of the molecule is O=C(O)CC1(CCCc2ccccc2-c2ccccc2)CCOC1=O. The molecule has 0 radical (unpaired) electrons. The van der Waals surface area contributed by atoms with Crippen LogP contribution in [0.5, 0.6) is 0 Å². The van der Waals surface area contributed by atoms with E-state index in [2.05, 4.69) is 24.3 Å². The number of carboxylic acids is 1. The van der Waals surface area contributed by atoms with E-state index in [4.69, 9.17) is 9.84 Å². The smallest absolute Gasteiger partial charge is 0.312 e. The van der Waals surface area contributed by atoms with Gasteiger partial charge < -0.3 is 9.84 Å². The zero-order valence-electron chi connectivity index (χ0n) is 14.1. The highest BCUT2D eigenvalue weighted by Crippen LogP contribution is 2.39. The lowest BCUT2D eigenvalue weighted by Crippen LogP contribution is -2.29. The lowest BCUT2D eigenvalue weighted by Gasteiger charge is -2.22. The second kappa shape index (κ2) is 7.51. The van der Waals surface area contributed by atoms with Crippen molar-refractivity contribution in [3.05, 3.63) is 60.2 Å². The van der Waals surface area contributed by atoms with Gasteiger partial charge >= 0.3 is 11.9 Å². The Morgan fingerprint density at radius 3 is 2.48 bits per heavy atom. The number of rotatable bonds is 7. The maximum atomic E-state index is 12.1. The van der Waals surface area contributed by atoms with Gasteiger partial charge in [0.25, 0.3) is 0 Å². The second-order valence-corrected chi connectivity index (χ2v) is 6.61. The molecule has 0 bridgehead atoms. The van der Waals surface area contributed by atoms with Crippen LogP contribution in [0, 0.1) is 5.41 Å². The van der Waals surface area contributed by atoms with Crippen LogP contribution in [0.4, 0.5) is 0 Å². The van der Waals surface area contributed by atoms with Gasteiger partial charge in [0.15, 0.2) is 0 Å². The number of hydrogen-bond donors (Lipinski definition) is 1. The molecular formula is C21H22O4. The molecule has 4 nitrogen and oxygen atoms in total. The Bertz CT molecular complexity index is 754. The zero-order valence-corrected chi connectivity index (χ0v) is 14.1. The highest BCUT2D eigenvalue weighted by molar-refractivity contribution is 5.84. The van der Waals surface area contributed by atoms with Crippen LogP contribution in [0.3, 0.4) is 0 Å². The van der Waals surface area contributed by atoms with Gasteiger partial charge in [-0.1, -0.05) is 54.6 Å². The van der Waals surface area contributed by atoms with E-state index in [0.29, 0.717) is 19.4 Å². The second-order valence-electron chi connectivity index (χ2n) is 6.61. The number of carboxylic acid groups (broad SMARTS) is 1. The summed E-state index contributed by atoms with van der Waals surface area (Å²) >= 11 is 0. The Balaban J connectivity index is 1.72. The van der Waals surface area contributed by atoms with Crippen molar-refractivity contribution in [1.82, 2.24) is 0 Å². The molecule has 3 rings (SSSR count). The fraction of sp³-hybridized carbons (Fsp3) is 0.333. The Kier molecular flexibility index (Phi) is 5.17. The molecule has 130 valence electrons. The summed E-state index contributed by atoms with van der Waals surface area (Å²) in [7, 11) is 0. The molecule has 1 atom stereocenters. The van der Waals surface area contributed by atoms with Crippen molar-refractivity contribution in [1.29, 1.82) is 0 Å². The third kappa shape index (κ3) is 3.90. The average Bonchev–Trinajstić information content (AvgIpc) is 2.96. The first-order valence-electron chi connectivity index (χ1n) is 8.63. The van der Waals surface area contributed by atoms with E-state index in [1.54, 1.807) is 0 Å². The fourth-order valence-electron chi connectivity index (χ4n) is 3.61. The number of cyclic esters (lactones) is 1. The highest BCUT2D eigenvalue weighted by Gasteiger charge is 2.45. The number of hydrogen-bond acceptors (Lipinski definition) is 3. The van der Waals surface area contributed by atoms with Gasteiger partial charge in [-0.2, -0.15) is 0 Å². The van der Waals surface area contributed by atoms with Crippen LogP contribution in [0.25, 0.3) is 11.1 Å². The van der Waals surface area contributed by atoms with Gasteiger partial charge in [-0.05, 0) is 42.4 Å². The summed E-state index contributed by atoms with van der Waals surface area (Å²) in [6, 6.07) is 18.4. The van der Waals surface area contributed by atoms with Gasteiger partial charge in [0.1, 0.15) is 0 Å². The summed E-state index contributed by atoms with van der Waals surface area (Å²) in [5.74, 6) is -1.30. The number of carbonyl (C=O) groups excluding carboxylic acids is 1. The molecule has 0 spiro atoms. The first-order chi connectivity index (χ1) is 12.1. The van der Waals surface area contributed by atoms with Crippen molar-refractivity contribution >= 4 is 11.9 Å². The number of ether oxygens (including phenoxy) is 1. The number of carbonyl (C=O) groups is 2. The minimum atomic E-state index is -0.941. The number of aryl methyl sites for hydroxylation is 1. The van der Waals surface area contributed by atoms with Gasteiger partial charge in [-0.15, -0.1) is 0 Å². The van der Waals surface area contributed by atoms with Crippen LogP contribution in [-0.2, 0) is 20.7 Å². The minimum absolute atomic E-state index is 0.147. The van der Waals surface area contributed by atoms with E-state index in [1.807, 2.05) is 30.3 Å². The number of benzene rings is 2. The normalized spacial score (nSPS) is 19.6. The molecule has 0 aromatic heterocycles. The molecule has 0 aliphatic carbocycles. The summed E-state index contributed by atoms with van der Waals surface area (Å²) < 4.78 is 5.06. The molecule has 2 aromatic rings. The predicted octanol–water partition coefficient (Wildman–Crippen LogP) is 4.08. The fourth-order valence-corrected chi connectivity index (χ4v) is 3.61. The molecule has 4 heteroatoms. The Hall–Kier alpha value is -2.62. The van der Waals surface area contributed by atoms with E-state index in [9.17, 15) is 9.59 Å². The standard InChI is InChI=1S/C21H22O4/c22-19(23)15-21(13-14-25-20(21)24)12-6-10-17-9-4-5-11-18(17)16-7-2-1-3-8-16/h1-5,7-9,11H,6,10,12-15H2,(H,22,23). The van der Waals surface area contributed by atoms with Crippen molar-refractivity contribution in [2.45, 2.75) is 32.1 Å². The molecule has 0 saturated carbocycles. The maximum Gasteiger partial charge on any atom is 0.312 e. The first kappa shape index (κ1) is 17.2. The molecule has 1 aliphatic heterocycles. The number of aliphatic carboxylic acids is 1. The molecule has 1 aliphatic rings. The highest BCUT2D eigenvalue weighted by atomic mass is 16.5. The Labute approximate surface area is 147 Å². The van der Waals surface area contributed by atoms with Crippen molar-refractivity contribution in [3.8, 4) is 11.1 Å². The quantitative estimate of drug-likeness (QED) is 0.773. The molecular weight excluding hydrogens is 316 g/mol. The number of esters is 1. The summed E-state index contributed by atoms with van der Waals surface area (Å²) in [5, 5.41) is 9.16. The van der Waals surface area contributed by atoms with Crippen molar-refractivity contribution in [2.75, 3.05) is 6.61 Å². The molecule has 1 heterocycles. The van der Waals surface area contributed by atoms with Gasteiger partial charge in [-0.3, -0.25) is 9.59 Å². The largest absolute Gasteiger partial charge is 0.481 e. The zero-order chi connectivity index (χ0) is 17.7. The molecule has 0 amide bonds. The Morgan fingerprint density at radius 1 is 1.08 bits per heavy atom. The summed E-state index contributed by atoms with van der Waals surface area (Å²) in [6.45, 7) is 0.326.